The Kier molecular flexibility index (Phi) is 4.60. The average molecular weight is 388 g/mol. The van der Waals surface area contributed by atoms with Crippen molar-refractivity contribution in [1.29, 1.82) is 0 Å². The Hall–Kier alpha value is -3.05. The predicted octanol–water partition coefficient (Wildman–Crippen LogP) is 3.71. The summed E-state index contributed by atoms with van der Waals surface area (Å²) in [4.78, 5) is 15.0. The van der Waals surface area contributed by atoms with E-state index in [2.05, 4.69) is 36.5 Å². The maximum Gasteiger partial charge on any atom is 0.254 e. The lowest BCUT2D eigenvalue weighted by atomic mass is 9.96. The van der Waals surface area contributed by atoms with Crippen LogP contribution in [0.25, 0.3) is 21.9 Å². The molecule has 0 aromatic heterocycles. The lowest BCUT2D eigenvalue weighted by Gasteiger charge is -2.34. The van der Waals surface area contributed by atoms with E-state index >= 15 is 0 Å². The van der Waals surface area contributed by atoms with Gasteiger partial charge in [0, 0.05) is 31.2 Å². The molecule has 1 amide bonds. The summed E-state index contributed by atoms with van der Waals surface area (Å²) >= 11 is 0. The molecule has 1 unspecified atom stereocenters. The van der Waals surface area contributed by atoms with E-state index in [0.717, 1.165) is 58.6 Å². The number of hydrogen-bond acceptors (Lipinski definition) is 4. The maximum atomic E-state index is 13.0. The molecule has 0 radical (unpaired) electrons. The fourth-order valence-electron chi connectivity index (χ4n) is 4.19. The molecular formula is C24H24N2O3. The quantitative estimate of drug-likeness (QED) is 0.727. The van der Waals surface area contributed by atoms with Crippen molar-refractivity contribution in [2.75, 3.05) is 32.8 Å². The fourth-order valence-corrected chi connectivity index (χ4v) is 4.19. The Labute approximate surface area is 170 Å². The van der Waals surface area contributed by atoms with E-state index in [1.54, 1.807) is 0 Å². The van der Waals surface area contributed by atoms with Gasteiger partial charge in [-0.05, 0) is 53.1 Å². The molecule has 29 heavy (non-hydrogen) atoms. The van der Waals surface area contributed by atoms with Gasteiger partial charge >= 0.3 is 0 Å². The summed E-state index contributed by atoms with van der Waals surface area (Å²) in [5.74, 6) is 1.68. The molecule has 0 aliphatic carbocycles. The van der Waals surface area contributed by atoms with Crippen molar-refractivity contribution < 1.29 is 14.3 Å². The smallest absolute Gasteiger partial charge is 0.254 e. The molecule has 2 heterocycles. The number of nitrogens with one attached hydrogen (secondary N) is 1. The molecule has 1 atom stereocenters. The van der Waals surface area contributed by atoms with Crippen LogP contribution in [0.2, 0.25) is 0 Å². The molecule has 1 saturated heterocycles. The Morgan fingerprint density at radius 3 is 2.76 bits per heavy atom. The van der Waals surface area contributed by atoms with Crippen molar-refractivity contribution in [2.45, 2.75) is 13.0 Å². The van der Waals surface area contributed by atoms with Gasteiger partial charge in [-0.15, -0.1) is 0 Å². The van der Waals surface area contributed by atoms with Gasteiger partial charge in [0.1, 0.15) is 13.2 Å². The van der Waals surface area contributed by atoms with Gasteiger partial charge in [-0.1, -0.05) is 30.3 Å². The van der Waals surface area contributed by atoms with Gasteiger partial charge in [0.15, 0.2) is 11.5 Å². The number of piperazine rings is 1. The first kappa shape index (κ1) is 18.0. The summed E-state index contributed by atoms with van der Waals surface area (Å²) in [7, 11) is 0. The number of carbonyl (C=O) groups is 1. The maximum absolute atomic E-state index is 13.0. The first-order chi connectivity index (χ1) is 14.2. The third-order valence-corrected chi connectivity index (χ3v) is 5.74. The number of nitrogens with zero attached hydrogens (tertiary/aromatic N) is 1. The van der Waals surface area contributed by atoms with Crippen molar-refractivity contribution in [1.82, 2.24) is 10.2 Å². The minimum atomic E-state index is 0.102. The first-order valence-electron chi connectivity index (χ1n) is 10.2. The Balaban J connectivity index is 1.52. The molecule has 2 aliphatic heterocycles. The Morgan fingerprint density at radius 1 is 1.03 bits per heavy atom. The molecular weight excluding hydrogens is 364 g/mol. The fraction of sp³-hybridized carbons (Fsp3) is 0.292. The Morgan fingerprint density at radius 2 is 1.90 bits per heavy atom. The van der Waals surface area contributed by atoms with E-state index in [0.29, 0.717) is 13.2 Å². The SMILES string of the molecule is CC1CNCCN1C(=O)c1ccc2c(-c3ccc4c(c3)OCCO4)cccc2c1. The van der Waals surface area contributed by atoms with Crippen LogP contribution in [-0.4, -0.2) is 49.7 Å². The first-order valence-corrected chi connectivity index (χ1v) is 10.2. The standard InChI is InChI=1S/C24H24N2O3/c1-16-15-25-9-10-26(16)24(27)19-5-7-21-17(13-19)3-2-4-20(21)18-6-8-22-23(14-18)29-12-11-28-22/h2-8,13-14,16,25H,9-12,15H2,1H3. The molecule has 3 aromatic carbocycles. The van der Waals surface area contributed by atoms with E-state index < -0.39 is 0 Å². The van der Waals surface area contributed by atoms with Gasteiger partial charge in [-0.2, -0.15) is 0 Å². The molecule has 0 saturated carbocycles. The molecule has 2 aliphatic rings. The van der Waals surface area contributed by atoms with Crippen LogP contribution in [0, 0.1) is 0 Å². The van der Waals surface area contributed by atoms with E-state index in [1.807, 2.05) is 35.2 Å². The summed E-state index contributed by atoms with van der Waals surface area (Å²) in [6.45, 7) is 5.68. The molecule has 1 N–H and O–H groups in total. The second-order valence-electron chi connectivity index (χ2n) is 7.65. The zero-order valence-electron chi connectivity index (χ0n) is 16.5. The van der Waals surface area contributed by atoms with E-state index in [1.165, 1.54) is 0 Å². The Bertz CT molecular complexity index is 1080. The van der Waals surface area contributed by atoms with Crippen LogP contribution >= 0.6 is 0 Å². The molecule has 148 valence electrons. The highest BCUT2D eigenvalue weighted by Crippen LogP contribution is 2.37. The molecule has 0 bridgehead atoms. The van der Waals surface area contributed by atoms with Crippen molar-refractivity contribution in [2.24, 2.45) is 0 Å². The van der Waals surface area contributed by atoms with Crippen LogP contribution in [0.4, 0.5) is 0 Å². The van der Waals surface area contributed by atoms with E-state index in [9.17, 15) is 4.79 Å². The summed E-state index contributed by atoms with van der Waals surface area (Å²) in [6.07, 6.45) is 0. The van der Waals surface area contributed by atoms with Crippen molar-refractivity contribution in [3.05, 3.63) is 60.2 Å². The average Bonchev–Trinajstić information content (AvgIpc) is 2.78. The zero-order chi connectivity index (χ0) is 19.8. The van der Waals surface area contributed by atoms with Gasteiger partial charge in [0.25, 0.3) is 5.91 Å². The molecule has 3 aromatic rings. The number of rotatable bonds is 2. The highest BCUT2D eigenvalue weighted by atomic mass is 16.6. The van der Waals surface area contributed by atoms with Crippen LogP contribution < -0.4 is 14.8 Å². The van der Waals surface area contributed by atoms with Crippen LogP contribution in [0.5, 0.6) is 11.5 Å². The molecule has 5 heteroatoms. The predicted molar refractivity (Wildman–Crippen MR) is 114 cm³/mol. The summed E-state index contributed by atoms with van der Waals surface area (Å²) < 4.78 is 11.4. The van der Waals surface area contributed by atoms with Crippen LogP contribution in [0.1, 0.15) is 17.3 Å². The molecule has 5 nitrogen and oxygen atoms in total. The topological polar surface area (TPSA) is 50.8 Å². The highest BCUT2D eigenvalue weighted by molar-refractivity contribution is 6.03. The normalized spacial score (nSPS) is 18.7. The summed E-state index contributed by atoms with van der Waals surface area (Å²) in [5, 5.41) is 5.52. The van der Waals surface area contributed by atoms with Gasteiger partial charge < -0.3 is 19.7 Å². The summed E-state index contributed by atoms with van der Waals surface area (Å²) in [6, 6.07) is 18.5. The van der Waals surface area contributed by atoms with Gasteiger partial charge in [-0.3, -0.25) is 4.79 Å². The number of amides is 1. The van der Waals surface area contributed by atoms with Gasteiger partial charge in [0.2, 0.25) is 0 Å². The minimum Gasteiger partial charge on any atom is -0.486 e. The van der Waals surface area contributed by atoms with Crippen molar-refractivity contribution in [3.63, 3.8) is 0 Å². The number of fused-ring (bicyclic) bond motifs is 2. The minimum absolute atomic E-state index is 0.102. The van der Waals surface area contributed by atoms with Crippen molar-refractivity contribution in [3.8, 4) is 22.6 Å². The number of hydrogen-bond donors (Lipinski definition) is 1. The van der Waals surface area contributed by atoms with Gasteiger partial charge in [0.05, 0.1) is 0 Å². The lowest BCUT2D eigenvalue weighted by molar-refractivity contribution is 0.0656. The van der Waals surface area contributed by atoms with E-state index in [4.69, 9.17) is 9.47 Å². The van der Waals surface area contributed by atoms with Crippen LogP contribution in [0.15, 0.2) is 54.6 Å². The third kappa shape index (κ3) is 3.32. The van der Waals surface area contributed by atoms with Crippen molar-refractivity contribution >= 4 is 16.7 Å². The number of carbonyl (C=O) groups excluding carboxylic acids is 1. The number of ether oxygens (including phenoxy) is 2. The number of benzene rings is 3. The monoisotopic (exact) mass is 388 g/mol. The third-order valence-electron chi connectivity index (χ3n) is 5.74. The second kappa shape index (κ2) is 7.41. The zero-order valence-corrected chi connectivity index (χ0v) is 16.5. The van der Waals surface area contributed by atoms with Crippen LogP contribution in [0.3, 0.4) is 0 Å². The molecule has 0 spiro atoms. The van der Waals surface area contributed by atoms with Gasteiger partial charge in [-0.25, -0.2) is 0 Å². The molecule has 5 rings (SSSR count). The highest BCUT2D eigenvalue weighted by Gasteiger charge is 2.24. The largest absolute Gasteiger partial charge is 0.486 e. The molecule has 1 fully saturated rings. The van der Waals surface area contributed by atoms with E-state index in [-0.39, 0.29) is 11.9 Å². The van der Waals surface area contributed by atoms with Crippen LogP contribution in [-0.2, 0) is 0 Å². The lowest BCUT2D eigenvalue weighted by Crippen LogP contribution is -2.52. The summed E-state index contributed by atoms with van der Waals surface area (Å²) in [5.41, 5.74) is 2.94. The second-order valence-corrected chi connectivity index (χ2v) is 7.65.